The van der Waals surface area contributed by atoms with Gasteiger partial charge < -0.3 is 9.64 Å². The van der Waals surface area contributed by atoms with E-state index in [1.807, 2.05) is 4.90 Å². The van der Waals surface area contributed by atoms with E-state index in [9.17, 15) is 31.6 Å². The minimum atomic E-state index is -4.71. The van der Waals surface area contributed by atoms with E-state index in [2.05, 4.69) is 16.0 Å². The monoisotopic (exact) mass is 587 g/mol. The van der Waals surface area contributed by atoms with E-state index in [1.165, 1.54) is 14.2 Å². The van der Waals surface area contributed by atoms with Gasteiger partial charge in [0.25, 0.3) is 10.0 Å². The largest absolute Gasteiger partial charge is 0.469 e. The molecule has 1 saturated heterocycles. The van der Waals surface area contributed by atoms with Crippen molar-refractivity contribution in [3.63, 3.8) is 0 Å². The first-order valence-electron chi connectivity index (χ1n) is 12.6. The van der Waals surface area contributed by atoms with Crippen molar-refractivity contribution in [2.75, 3.05) is 56.1 Å². The highest BCUT2D eigenvalue weighted by Gasteiger charge is 2.33. The van der Waals surface area contributed by atoms with Crippen molar-refractivity contribution in [2.24, 2.45) is 0 Å². The predicted molar refractivity (Wildman–Crippen MR) is 147 cm³/mol. The number of nitrogens with zero attached hydrogens (tertiary/aromatic N) is 5. The van der Waals surface area contributed by atoms with Crippen molar-refractivity contribution in [3.8, 4) is 17.2 Å². The number of halogens is 3. The minimum absolute atomic E-state index is 0.172. The zero-order valence-electron chi connectivity index (χ0n) is 22.4. The molecule has 9 nitrogen and oxygen atoms in total. The molecule has 0 aliphatic carbocycles. The molecule has 4 rings (SSSR count). The molecule has 216 valence electrons. The van der Waals surface area contributed by atoms with Gasteiger partial charge in [0, 0.05) is 51.5 Å². The molecule has 1 aliphatic rings. The van der Waals surface area contributed by atoms with Crippen LogP contribution in [-0.2, 0) is 25.7 Å². The zero-order chi connectivity index (χ0) is 29.8. The number of benzene rings is 2. The maximum absolute atomic E-state index is 13.6. The van der Waals surface area contributed by atoms with E-state index >= 15 is 0 Å². The minimum Gasteiger partial charge on any atom is -0.469 e. The van der Waals surface area contributed by atoms with Crippen molar-refractivity contribution in [3.05, 3.63) is 71.9 Å². The number of nitriles is 1. The smallest absolute Gasteiger partial charge is 0.416 e. The van der Waals surface area contributed by atoms with Gasteiger partial charge in [-0.2, -0.15) is 18.4 Å². The lowest BCUT2D eigenvalue weighted by Gasteiger charge is -2.37. The van der Waals surface area contributed by atoms with Gasteiger partial charge >= 0.3 is 12.1 Å². The Kier molecular flexibility index (Phi) is 8.84. The van der Waals surface area contributed by atoms with E-state index in [4.69, 9.17) is 4.74 Å². The average molecular weight is 588 g/mol. The summed E-state index contributed by atoms with van der Waals surface area (Å²) >= 11 is 0. The van der Waals surface area contributed by atoms with Crippen LogP contribution < -0.4 is 9.21 Å². The molecule has 0 unspecified atom stereocenters. The number of alkyl halides is 3. The molecule has 0 amide bonds. The Morgan fingerprint density at radius 1 is 1.07 bits per heavy atom. The summed E-state index contributed by atoms with van der Waals surface area (Å²) in [4.78, 5) is 19.6. The van der Waals surface area contributed by atoms with Crippen LogP contribution in [0.5, 0.6) is 0 Å². The number of aromatic nitrogens is 1. The average Bonchev–Trinajstić information content (AvgIpc) is 2.99. The molecule has 0 saturated carbocycles. The number of hydrogen-bond donors (Lipinski definition) is 0. The van der Waals surface area contributed by atoms with Crippen LogP contribution >= 0.6 is 0 Å². The van der Waals surface area contributed by atoms with Crippen molar-refractivity contribution >= 4 is 27.5 Å². The van der Waals surface area contributed by atoms with Gasteiger partial charge in [-0.3, -0.25) is 14.0 Å². The zero-order valence-corrected chi connectivity index (χ0v) is 23.2. The third-order valence-electron chi connectivity index (χ3n) is 6.86. The Bertz CT molecular complexity index is 1570. The summed E-state index contributed by atoms with van der Waals surface area (Å²) < 4.78 is 73.0. The Balaban J connectivity index is 1.72. The molecule has 1 aromatic heterocycles. The van der Waals surface area contributed by atoms with Crippen LogP contribution in [0, 0.1) is 11.3 Å². The van der Waals surface area contributed by atoms with Crippen LogP contribution in [0.1, 0.15) is 17.5 Å². The number of carbonyl (C=O) groups excluding carboxylic acids is 1. The van der Waals surface area contributed by atoms with E-state index in [0.717, 1.165) is 22.5 Å². The Morgan fingerprint density at radius 2 is 1.78 bits per heavy atom. The van der Waals surface area contributed by atoms with Crippen LogP contribution in [0.2, 0.25) is 0 Å². The molecule has 13 heteroatoms. The second-order valence-corrected chi connectivity index (χ2v) is 11.4. The number of piperazine rings is 1. The Labute approximate surface area is 236 Å². The maximum atomic E-state index is 13.6. The molecule has 0 spiro atoms. The number of carbonyl (C=O) groups is 1. The lowest BCUT2D eigenvalue weighted by molar-refractivity contribution is -0.141. The molecular weight excluding hydrogens is 559 g/mol. The maximum Gasteiger partial charge on any atom is 0.416 e. The summed E-state index contributed by atoms with van der Waals surface area (Å²) in [6.07, 6.45) is -2.89. The van der Waals surface area contributed by atoms with Crippen LogP contribution in [0.15, 0.2) is 65.7 Å². The second kappa shape index (κ2) is 12.2. The lowest BCUT2D eigenvalue weighted by atomic mass is 10.0. The number of sulfonamides is 1. The van der Waals surface area contributed by atoms with Crippen molar-refractivity contribution in [2.45, 2.75) is 17.5 Å². The highest BCUT2D eigenvalue weighted by Crippen LogP contribution is 2.36. The number of esters is 1. The molecule has 0 radical (unpaired) electrons. The molecular formula is C28H28F3N5O4S. The van der Waals surface area contributed by atoms with Gasteiger partial charge in [0.05, 0.1) is 41.3 Å². The summed E-state index contributed by atoms with van der Waals surface area (Å²) in [6, 6.07) is 14.0. The topological polar surface area (TPSA) is 107 Å². The van der Waals surface area contributed by atoms with Crippen molar-refractivity contribution in [1.29, 1.82) is 5.26 Å². The fourth-order valence-corrected chi connectivity index (χ4v) is 5.74. The normalized spacial score (nSPS) is 14.4. The predicted octanol–water partition coefficient (Wildman–Crippen LogP) is 4.15. The summed E-state index contributed by atoms with van der Waals surface area (Å²) in [7, 11) is -1.82. The van der Waals surface area contributed by atoms with Gasteiger partial charge in [-0.05, 0) is 42.0 Å². The van der Waals surface area contributed by atoms with Crippen LogP contribution in [0.3, 0.4) is 0 Å². The van der Waals surface area contributed by atoms with Gasteiger partial charge in [0.15, 0.2) is 5.82 Å². The van der Waals surface area contributed by atoms with Crippen LogP contribution in [0.4, 0.5) is 24.7 Å². The number of pyridine rings is 1. The Hall–Kier alpha value is -4.15. The quantitative estimate of drug-likeness (QED) is 0.362. The fourth-order valence-electron chi connectivity index (χ4n) is 4.50. The Morgan fingerprint density at radius 3 is 2.44 bits per heavy atom. The van der Waals surface area contributed by atoms with Gasteiger partial charge in [-0.25, -0.2) is 13.4 Å². The molecule has 0 atom stereocenters. The van der Waals surface area contributed by atoms with Crippen LogP contribution in [-0.4, -0.2) is 71.2 Å². The molecule has 2 heterocycles. The van der Waals surface area contributed by atoms with Crippen molar-refractivity contribution < 1.29 is 31.1 Å². The first-order valence-corrected chi connectivity index (χ1v) is 14.1. The third kappa shape index (κ3) is 6.78. The number of methoxy groups -OCH3 is 1. The molecule has 0 N–H and O–H groups in total. The summed E-state index contributed by atoms with van der Waals surface area (Å²) in [5.41, 5.74) is 0.660. The van der Waals surface area contributed by atoms with Gasteiger partial charge in [-0.1, -0.05) is 18.2 Å². The van der Waals surface area contributed by atoms with E-state index < -0.39 is 26.7 Å². The van der Waals surface area contributed by atoms with Gasteiger partial charge in [0.2, 0.25) is 0 Å². The molecule has 1 fully saturated rings. The molecule has 2 aromatic carbocycles. The SMILES string of the molecule is COC(=O)CCN1CCN(c2ncc(-c3cccc(C#N)c3)cc2N(C)S(=O)(=O)c2cccc(C(F)(F)F)c2)CC1. The fraction of sp³-hybridized carbons (Fsp3) is 0.321. The highest BCUT2D eigenvalue weighted by molar-refractivity contribution is 7.92. The van der Waals surface area contributed by atoms with Gasteiger partial charge in [0.1, 0.15) is 0 Å². The second-order valence-electron chi connectivity index (χ2n) is 9.41. The number of ether oxygens (including phenoxy) is 1. The highest BCUT2D eigenvalue weighted by atomic mass is 32.2. The molecule has 41 heavy (non-hydrogen) atoms. The molecule has 1 aliphatic heterocycles. The first kappa shape index (κ1) is 29.8. The number of rotatable bonds is 8. The summed E-state index contributed by atoms with van der Waals surface area (Å²) in [6.45, 7) is 2.62. The van der Waals surface area contributed by atoms with Gasteiger partial charge in [-0.15, -0.1) is 0 Å². The molecule has 3 aromatic rings. The third-order valence-corrected chi connectivity index (χ3v) is 8.63. The summed E-state index contributed by atoms with van der Waals surface area (Å²) in [5, 5.41) is 9.31. The lowest BCUT2D eigenvalue weighted by Crippen LogP contribution is -2.47. The number of hydrogen-bond acceptors (Lipinski definition) is 8. The van der Waals surface area contributed by atoms with E-state index in [1.54, 1.807) is 36.5 Å². The molecule has 0 bridgehead atoms. The number of anilines is 2. The van der Waals surface area contributed by atoms with E-state index in [-0.39, 0.29) is 18.1 Å². The first-order chi connectivity index (χ1) is 19.4. The standard InChI is InChI=1S/C28H28F3N5O4S/c1-34(41(38,39)24-8-4-7-23(17-24)28(29,30)31)25-16-22(21-6-3-5-20(15-21)18-32)19-33-27(25)36-13-11-35(12-14-36)10-9-26(37)40-2/h3-8,15-17,19H,9-14H2,1-2H3. The van der Waals surface area contributed by atoms with E-state index in [0.29, 0.717) is 61.3 Å². The van der Waals surface area contributed by atoms with Crippen LogP contribution in [0.25, 0.3) is 11.1 Å². The summed E-state index contributed by atoms with van der Waals surface area (Å²) in [5.74, 6) is 0.0321. The van der Waals surface area contributed by atoms with Crippen molar-refractivity contribution in [1.82, 2.24) is 9.88 Å².